The van der Waals surface area contributed by atoms with Crippen LogP contribution in [-0.4, -0.2) is 9.86 Å². The number of anilines is 1. The van der Waals surface area contributed by atoms with E-state index in [1.807, 2.05) is 18.2 Å². The van der Waals surface area contributed by atoms with Gasteiger partial charge in [0.05, 0.1) is 10.1 Å². The first-order chi connectivity index (χ1) is 10.1. The zero-order chi connectivity index (χ0) is 14.8. The maximum atomic E-state index is 12.1. The molecule has 0 unspecified atom stereocenters. The lowest BCUT2D eigenvalue weighted by atomic mass is 10.3. The molecule has 0 saturated heterocycles. The molecule has 0 aliphatic rings. The summed E-state index contributed by atoms with van der Waals surface area (Å²) >= 11 is 7.07. The summed E-state index contributed by atoms with van der Waals surface area (Å²) in [6.07, 6.45) is 0. The van der Waals surface area contributed by atoms with E-state index < -0.39 is 0 Å². The van der Waals surface area contributed by atoms with Gasteiger partial charge in [0.15, 0.2) is 0 Å². The minimum absolute atomic E-state index is 0.000800. The molecular weight excluding hydrogens is 308 g/mol. The van der Waals surface area contributed by atoms with E-state index in [-0.39, 0.29) is 18.0 Å². The third-order valence-electron chi connectivity index (χ3n) is 2.97. The number of amides is 1. The summed E-state index contributed by atoms with van der Waals surface area (Å²) in [7, 11) is 0. The number of rotatable bonds is 3. The van der Waals surface area contributed by atoms with Gasteiger partial charge in [-0.25, -0.2) is 0 Å². The monoisotopic (exact) mass is 318 g/mol. The summed E-state index contributed by atoms with van der Waals surface area (Å²) in [5, 5.41) is 3.98. The predicted molar refractivity (Wildman–Crippen MR) is 86.2 cm³/mol. The van der Waals surface area contributed by atoms with Crippen molar-refractivity contribution in [2.75, 3.05) is 5.32 Å². The van der Waals surface area contributed by atoms with Crippen LogP contribution in [0.2, 0.25) is 5.02 Å². The minimum Gasteiger partial charge on any atom is -0.325 e. The quantitative estimate of drug-likeness (QED) is 0.805. The SMILES string of the molecule is O=C(Cn1sc2ccccc2c1=O)Nc1ccc(Cl)cc1. The molecule has 0 saturated carbocycles. The van der Waals surface area contributed by atoms with Crippen molar-refractivity contribution in [3.8, 4) is 0 Å². The van der Waals surface area contributed by atoms with Gasteiger partial charge in [-0.1, -0.05) is 35.3 Å². The zero-order valence-corrected chi connectivity index (χ0v) is 12.4. The number of fused-ring (bicyclic) bond motifs is 1. The Hall–Kier alpha value is -2.11. The topological polar surface area (TPSA) is 51.1 Å². The van der Waals surface area contributed by atoms with Crippen LogP contribution < -0.4 is 10.9 Å². The second kappa shape index (κ2) is 5.71. The summed E-state index contributed by atoms with van der Waals surface area (Å²) in [4.78, 5) is 24.1. The molecule has 1 heterocycles. The average Bonchev–Trinajstić information content (AvgIpc) is 2.78. The molecule has 0 spiro atoms. The summed E-state index contributed by atoms with van der Waals surface area (Å²) in [6, 6.07) is 14.1. The van der Waals surface area contributed by atoms with Gasteiger partial charge in [0, 0.05) is 10.7 Å². The van der Waals surface area contributed by atoms with E-state index in [1.165, 1.54) is 15.5 Å². The average molecular weight is 319 g/mol. The van der Waals surface area contributed by atoms with Crippen LogP contribution in [0.1, 0.15) is 0 Å². The molecule has 0 atom stereocenters. The van der Waals surface area contributed by atoms with Crippen molar-refractivity contribution in [3.05, 3.63) is 63.9 Å². The molecule has 3 aromatic rings. The molecule has 4 nitrogen and oxygen atoms in total. The number of halogens is 1. The van der Waals surface area contributed by atoms with Crippen LogP contribution in [0.15, 0.2) is 53.3 Å². The standard InChI is InChI=1S/C15H11ClN2O2S/c16-10-5-7-11(8-6-10)17-14(19)9-18-15(20)12-3-1-2-4-13(12)21-18/h1-8H,9H2,(H,17,19). The number of carbonyl (C=O) groups is 1. The lowest BCUT2D eigenvalue weighted by molar-refractivity contribution is -0.116. The van der Waals surface area contributed by atoms with Crippen LogP contribution in [-0.2, 0) is 11.3 Å². The van der Waals surface area contributed by atoms with Crippen molar-refractivity contribution in [1.82, 2.24) is 3.96 Å². The van der Waals surface area contributed by atoms with Crippen LogP contribution in [0.5, 0.6) is 0 Å². The van der Waals surface area contributed by atoms with E-state index in [0.29, 0.717) is 16.1 Å². The fourth-order valence-corrected chi connectivity index (χ4v) is 3.11. The van der Waals surface area contributed by atoms with Gasteiger partial charge in [-0.3, -0.25) is 13.5 Å². The molecule has 0 fully saturated rings. The van der Waals surface area contributed by atoms with Gasteiger partial charge in [0.25, 0.3) is 5.56 Å². The number of carbonyl (C=O) groups excluding carboxylic acids is 1. The van der Waals surface area contributed by atoms with E-state index in [9.17, 15) is 9.59 Å². The first-order valence-corrected chi connectivity index (χ1v) is 7.43. The van der Waals surface area contributed by atoms with Crippen LogP contribution in [0.3, 0.4) is 0 Å². The maximum absolute atomic E-state index is 12.1. The number of nitrogens with zero attached hydrogens (tertiary/aromatic N) is 1. The number of hydrogen-bond donors (Lipinski definition) is 1. The molecule has 1 aromatic heterocycles. The second-order valence-corrected chi connectivity index (χ2v) is 5.98. The minimum atomic E-state index is -0.244. The third-order valence-corrected chi connectivity index (χ3v) is 4.29. The van der Waals surface area contributed by atoms with E-state index in [0.717, 1.165) is 4.70 Å². The van der Waals surface area contributed by atoms with E-state index in [4.69, 9.17) is 11.6 Å². The van der Waals surface area contributed by atoms with Crippen molar-refractivity contribution >= 4 is 44.8 Å². The Kier molecular flexibility index (Phi) is 3.77. The Morgan fingerprint density at radius 2 is 1.86 bits per heavy atom. The highest BCUT2D eigenvalue weighted by molar-refractivity contribution is 7.13. The fourth-order valence-electron chi connectivity index (χ4n) is 1.99. The van der Waals surface area contributed by atoms with Gasteiger partial charge in [-0.2, -0.15) is 0 Å². The largest absolute Gasteiger partial charge is 0.325 e. The molecule has 0 aliphatic heterocycles. The number of hydrogen-bond acceptors (Lipinski definition) is 3. The van der Waals surface area contributed by atoms with Crippen molar-refractivity contribution in [2.45, 2.75) is 6.54 Å². The zero-order valence-electron chi connectivity index (χ0n) is 10.9. The molecule has 3 rings (SSSR count). The van der Waals surface area contributed by atoms with Crippen molar-refractivity contribution in [1.29, 1.82) is 0 Å². The molecular formula is C15H11ClN2O2S. The molecule has 1 amide bonds. The Labute approximate surface area is 129 Å². The van der Waals surface area contributed by atoms with Gasteiger partial charge in [-0.15, -0.1) is 0 Å². The van der Waals surface area contributed by atoms with Crippen LogP contribution in [0.4, 0.5) is 5.69 Å². The van der Waals surface area contributed by atoms with Crippen molar-refractivity contribution in [3.63, 3.8) is 0 Å². The smallest absolute Gasteiger partial charge is 0.268 e. The molecule has 2 aromatic carbocycles. The molecule has 6 heteroatoms. The van der Waals surface area contributed by atoms with E-state index in [1.54, 1.807) is 30.3 Å². The first-order valence-electron chi connectivity index (χ1n) is 6.28. The molecule has 21 heavy (non-hydrogen) atoms. The Morgan fingerprint density at radius 1 is 1.14 bits per heavy atom. The van der Waals surface area contributed by atoms with Gasteiger partial charge in [0.1, 0.15) is 6.54 Å². The highest BCUT2D eigenvalue weighted by Crippen LogP contribution is 2.16. The highest BCUT2D eigenvalue weighted by Gasteiger charge is 2.10. The molecule has 1 N–H and O–H groups in total. The van der Waals surface area contributed by atoms with Crippen LogP contribution in [0, 0.1) is 0 Å². The fraction of sp³-hybridized carbons (Fsp3) is 0.0667. The summed E-state index contributed by atoms with van der Waals surface area (Å²) in [5.74, 6) is -0.244. The van der Waals surface area contributed by atoms with Crippen molar-refractivity contribution in [2.24, 2.45) is 0 Å². The number of aromatic nitrogens is 1. The Balaban J connectivity index is 1.78. The molecule has 106 valence electrons. The molecule has 0 radical (unpaired) electrons. The Bertz CT molecular complexity index is 852. The van der Waals surface area contributed by atoms with Crippen molar-refractivity contribution < 1.29 is 4.79 Å². The molecule has 0 bridgehead atoms. The van der Waals surface area contributed by atoms with Gasteiger partial charge in [0.2, 0.25) is 5.91 Å². The third kappa shape index (κ3) is 2.99. The number of nitrogens with one attached hydrogen (secondary N) is 1. The predicted octanol–water partition coefficient (Wildman–Crippen LogP) is 3.36. The van der Waals surface area contributed by atoms with Gasteiger partial charge >= 0.3 is 0 Å². The highest BCUT2D eigenvalue weighted by atomic mass is 35.5. The lowest BCUT2D eigenvalue weighted by Crippen LogP contribution is -2.23. The van der Waals surface area contributed by atoms with Crippen LogP contribution >= 0.6 is 23.1 Å². The van der Waals surface area contributed by atoms with E-state index in [2.05, 4.69) is 5.32 Å². The lowest BCUT2D eigenvalue weighted by Gasteiger charge is -2.04. The number of benzene rings is 2. The van der Waals surface area contributed by atoms with Gasteiger partial charge in [-0.05, 0) is 36.4 Å². The summed E-state index contributed by atoms with van der Waals surface area (Å²) in [6.45, 7) is 0.000800. The summed E-state index contributed by atoms with van der Waals surface area (Å²) in [5.41, 5.74) is 0.514. The Morgan fingerprint density at radius 3 is 2.57 bits per heavy atom. The van der Waals surface area contributed by atoms with Gasteiger partial charge < -0.3 is 5.32 Å². The molecule has 0 aliphatic carbocycles. The summed E-state index contributed by atoms with van der Waals surface area (Å²) < 4.78 is 2.33. The normalized spacial score (nSPS) is 10.7. The maximum Gasteiger partial charge on any atom is 0.268 e. The van der Waals surface area contributed by atoms with E-state index >= 15 is 0 Å². The van der Waals surface area contributed by atoms with Crippen LogP contribution in [0.25, 0.3) is 10.1 Å². The first kappa shape index (κ1) is 13.9. The second-order valence-electron chi connectivity index (χ2n) is 4.48.